The summed E-state index contributed by atoms with van der Waals surface area (Å²) in [5.74, 6) is 0.0255. The molecule has 2 aliphatic rings. The Morgan fingerprint density at radius 3 is 2.48 bits per heavy atom. The molecule has 1 aliphatic carbocycles. The molecule has 4 N–H and O–H groups in total. The molecule has 1 aliphatic heterocycles. The number of amides is 3. The fourth-order valence-electron chi connectivity index (χ4n) is 5.22. The third kappa shape index (κ3) is 5.55. The molecule has 2 heterocycles. The van der Waals surface area contributed by atoms with Crippen molar-refractivity contribution in [3.63, 3.8) is 0 Å². The molecule has 2 fully saturated rings. The second-order valence-electron chi connectivity index (χ2n) is 10.6. The normalized spacial score (nSPS) is 21.7. The summed E-state index contributed by atoms with van der Waals surface area (Å²) in [6.07, 6.45) is 1.97. The number of amidine groups is 1. The van der Waals surface area contributed by atoms with E-state index in [1.807, 2.05) is 6.92 Å². The summed E-state index contributed by atoms with van der Waals surface area (Å²) < 4.78 is 18.8. The molecule has 1 aromatic heterocycles. The van der Waals surface area contributed by atoms with E-state index in [2.05, 4.69) is 12.2 Å². The standard InChI is InChI=1S/C29H30FN5O4S/c1-17(24-11-18(15-40-24)27(31)32)33-28(38)23-12-29(2)13-25(29)35(23)26(37)14-34(16-36)20-5-9-22(10-6-20)39-21-7-3-19(30)4-8-21/h3-11,15-17,23,25H,12-14H2,1-2H3,(H3,31,32)(H,33,38)/t17-,23+,25+,29-/m1/s1. The van der Waals surface area contributed by atoms with Crippen LogP contribution >= 0.6 is 11.3 Å². The van der Waals surface area contributed by atoms with Gasteiger partial charge < -0.3 is 25.6 Å². The molecule has 0 spiro atoms. The smallest absolute Gasteiger partial charge is 0.243 e. The topological polar surface area (TPSA) is 129 Å². The molecular weight excluding hydrogens is 533 g/mol. The van der Waals surface area contributed by atoms with Gasteiger partial charge in [0.2, 0.25) is 18.2 Å². The monoisotopic (exact) mass is 563 g/mol. The minimum atomic E-state index is -0.633. The van der Waals surface area contributed by atoms with Crippen LogP contribution in [-0.4, -0.2) is 47.6 Å². The molecule has 11 heteroatoms. The van der Waals surface area contributed by atoms with E-state index in [4.69, 9.17) is 15.9 Å². The van der Waals surface area contributed by atoms with E-state index in [1.54, 1.807) is 40.6 Å². The number of nitrogens with one attached hydrogen (secondary N) is 2. The lowest BCUT2D eigenvalue weighted by atomic mass is 10.0. The van der Waals surface area contributed by atoms with Gasteiger partial charge in [-0.1, -0.05) is 6.92 Å². The second kappa shape index (κ2) is 10.7. The molecule has 3 amide bonds. The number of piperidine rings is 1. The molecule has 5 rings (SSSR count). The minimum absolute atomic E-state index is 0.0311. The number of nitrogen functional groups attached to an aromatic ring is 1. The fraction of sp³-hybridized carbons (Fsp3) is 0.310. The number of halogens is 1. The van der Waals surface area contributed by atoms with Crippen LogP contribution in [-0.2, 0) is 14.4 Å². The maximum atomic E-state index is 13.5. The van der Waals surface area contributed by atoms with Crippen molar-refractivity contribution in [3.8, 4) is 11.5 Å². The Morgan fingerprint density at radius 1 is 1.23 bits per heavy atom. The summed E-state index contributed by atoms with van der Waals surface area (Å²) in [5.41, 5.74) is 6.56. The minimum Gasteiger partial charge on any atom is -0.457 e. The van der Waals surface area contributed by atoms with Gasteiger partial charge in [0, 0.05) is 27.5 Å². The largest absolute Gasteiger partial charge is 0.457 e. The Balaban J connectivity index is 1.24. The highest BCUT2D eigenvalue weighted by Crippen LogP contribution is 2.59. The average Bonchev–Trinajstić information content (AvgIpc) is 3.26. The van der Waals surface area contributed by atoms with Crippen molar-refractivity contribution in [1.29, 1.82) is 5.41 Å². The lowest BCUT2D eigenvalue weighted by molar-refractivity contribution is -0.139. The number of rotatable bonds is 10. The number of ether oxygens (including phenoxy) is 1. The lowest BCUT2D eigenvalue weighted by Crippen LogP contribution is -2.51. The molecule has 4 atom stereocenters. The van der Waals surface area contributed by atoms with Crippen LogP contribution in [0.4, 0.5) is 10.1 Å². The zero-order valence-electron chi connectivity index (χ0n) is 22.1. The third-order valence-electron chi connectivity index (χ3n) is 7.59. The van der Waals surface area contributed by atoms with Gasteiger partial charge in [-0.2, -0.15) is 0 Å². The Kier molecular flexibility index (Phi) is 7.33. The number of nitrogens with two attached hydrogens (primary N) is 1. The van der Waals surface area contributed by atoms with E-state index in [1.165, 1.54) is 40.5 Å². The summed E-state index contributed by atoms with van der Waals surface area (Å²) in [6, 6.07) is 13.1. The first kappa shape index (κ1) is 27.3. The number of fused-ring (bicyclic) bond motifs is 1. The number of hydrogen-bond donors (Lipinski definition) is 3. The van der Waals surface area contributed by atoms with Crippen molar-refractivity contribution >= 4 is 41.1 Å². The number of nitrogens with zero attached hydrogens (tertiary/aromatic N) is 2. The zero-order valence-corrected chi connectivity index (χ0v) is 22.9. The van der Waals surface area contributed by atoms with Gasteiger partial charge in [0.15, 0.2) is 0 Å². The van der Waals surface area contributed by atoms with Gasteiger partial charge in [0.05, 0.1) is 6.04 Å². The van der Waals surface area contributed by atoms with Crippen LogP contribution in [0.15, 0.2) is 60.0 Å². The summed E-state index contributed by atoms with van der Waals surface area (Å²) in [5, 5.41) is 12.4. The first-order valence-corrected chi connectivity index (χ1v) is 13.8. The fourth-order valence-corrected chi connectivity index (χ4v) is 6.14. The van der Waals surface area contributed by atoms with Gasteiger partial charge in [-0.3, -0.25) is 19.8 Å². The highest BCUT2D eigenvalue weighted by atomic mass is 32.1. The van der Waals surface area contributed by atoms with Crippen LogP contribution in [0.3, 0.4) is 0 Å². The number of hydrogen-bond acceptors (Lipinski definition) is 6. The molecule has 208 valence electrons. The molecule has 9 nitrogen and oxygen atoms in total. The summed E-state index contributed by atoms with van der Waals surface area (Å²) in [7, 11) is 0. The van der Waals surface area contributed by atoms with Crippen LogP contribution in [0.25, 0.3) is 0 Å². The molecule has 3 aromatic rings. The molecule has 0 unspecified atom stereocenters. The number of likely N-dealkylation sites (tertiary alicyclic amines) is 1. The van der Waals surface area contributed by atoms with E-state index < -0.39 is 6.04 Å². The maximum absolute atomic E-state index is 13.5. The van der Waals surface area contributed by atoms with Gasteiger partial charge in [-0.25, -0.2) is 4.39 Å². The van der Waals surface area contributed by atoms with Crippen molar-refractivity contribution in [3.05, 3.63) is 76.2 Å². The van der Waals surface area contributed by atoms with E-state index in [9.17, 15) is 18.8 Å². The van der Waals surface area contributed by atoms with Crippen molar-refractivity contribution in [2.45, 2.75) is 44.8 Å². The summed E-state index contributed by atoms with van der Waals surface area (Å²) in [6.45, 7) is 3.72. The van der Waals surface area contributed by atoms with E-state index in [-0.39, 0.29) is 47.5 Å². The van der Waals surface area contributed by atoms with Crippen LogP contribution in [0, 0.1) is 16.6 Å². The van der Waals surface area contributed by atoms with E-state index in [0.717, 1.165) is 11.3 Å². The Bertz CT molecular complexity index is 1440. The number of anilines is 1. The lowest BCUT2D eigenvalue weighted by Gasteiger charge is -2.29. The molecule has 40 heavy (non-hydrogen) atoms. The van der Waals surface area contributed by atoms with Crippen molar-refractivity contribution < 1.29 is 23.5 Å². The van der Waals surface area contributed by atoms with Gasteiger partial charge in [-0.05, 0) is 79.8 Å². The highest BCUT2D eigenvalue weighted by molar-refractivity contribution is 7.10. The number of benzene rings is 2. The van der Waals surface area contributed by atoms with Gasteiger partial charge in [0.25, 0.3) is 0 Å². The molecule has 1 saturated heterocycles. The van der Waals surface area contributed by atoms with E-state index in [0.29, 0.717) is 35.6 Å². The highest BCUT2D eigenvalue weighted by Gasteiger charge is 2.64. The van der Waals surface area contributed by atoms with Crippen LogP contribution in [0.1, 0.15) is 43.2 Å². The van der Waals surface area contributed by atoms with Crippen LogP contribution in [0.2, 0.25) is 0 Å². The molecule has 0 radical (unpaired) electrons. The van der Waals surface area contributed by atoms with Crippen molar-refractivity contribution in [2.24, 2.45) is 11.1 Å². The first-order chi connectivity index (χ1) is 19.1. The zero-order chi connectivity index (χ0) is 28.6. The number of thiophene rings is 1. The molecule has 1 saturated carbocycles. The molecular formula is C29H30FN5O4S. The second-order valence-corrected chi connectivity index (χ2v) is 11.5. The Labute approximate surface area is 235 Å². The predicted octanol–water partition coefficient (Wildman–Crippen LogP) is 4.18. The maximum Gasteiger partial charge on any atom is 0.243 e. The number of carbonyl (C=O) groups is 3. The van der Waals surface area contributed by atoms with Crippen molar-refractivity contribution in [2.75, 3.05) is 11.4 Å². The molecule has 2 aromatic carbocycles. The van der Waals surface area contributed by atoms with Gasteiger partial charge >= 0.3 is 0 Å². The van der Waals surface area contributed by atoms with Crippen LogP contribution in [0.5, 0.6) is 11.5 Å². The SMILES string of the molecule is C[C@@H](NC(=O)[C@@H]1C[C@]2(C)C[C@@H]2N1C(=O)CN(C=O)c1ccc(Oc2ccc(F)cc2)cc1)c1cc(C(=N)N)cs1. The van der Waals surface area contributed by atoms with E-state index >= 15 is 0 Å². The third-order valence-corrected chi connectivity index (χ3v) is 8.71. The van der Waals surface area contributed by atoms with Crippen LogP contribution < -0.4 is 20.7 Å². The van der Waals surface area contributed by atoms with Gasteiger partial charge in [0.1, 0.15) is 35.7 Å². The van der Waals surface area contributed by atoms with Gasteiger partial charge in [-0.15, -0.1) is 11.3 Å². The quantitative estimate of drug-likeness (QED) is 0.194. The average molecular weight is 564 g/mol. The predicted molar refractivity (Wildman–Crippen MR) is 150 cm³/mol. The summed E-state index contributed by atoms with van der Waals surface area (Å²) in [4.78, 5) is 42.6. The number of carbonyl (C=O) groups excluding carboxylic acids is 3. The Morgan fingerprint density at radius 2 is 1.88 bits per heavy atom. The molecule has 0 bridgehead atoms. The summed E-state index contributed by atoms with van der Waals surface area (Å²) >= 11 is 1.41. The Hall–Kier alpha value is -4.25. The van der Waals surface area contributed by atoms with Crippen molar-refractivity contribution in [1.82, 2.24) is 10.2 Å². The first-order valence-electron chi connectivity index (χ1n) is 12.9.